The van der Waals surface area contributed by atoms with Crippen LogP contribution in [0.5, 0.6) is 5.88 Å². The van der Waals surface area contributed by atoms with Gasteiger partial charge >= 0.3 is 0 Å². The first-order valence-electron chi connectivity index (χ1n) is 5.52. The highest BCUT2D eigenvalue weighted by Crippen LogP contribution is 2.28. The topological polar surface area (TPSA) is 113 Å². The van der Waals surface area contributed by atoms with E-state index in [-0.39, 0.29) is 60.8 Å². The highest BCUT2D eigenvalue weighted by molar-refractivity contribution is 5.86. The minimum absolute atomic E-state index is 0. The maximum atomic E-state index is 5.74. The van der Waals surface area contributed by atoms with Crippen molar-refractivity contribution in [2.75, 3.05) is 17.2 Å². The Morgan fingerprint density at radius 1 is 0.895 bits per heavy atom. The summed E-state index contributed by atoms with van der Waals surface area (Å²) in [6, 6.07) is 0. The number of hydrogen-bond acceptors (Lipinski definition) is 6. The number of anilines is 3. The van der Waals surface area contributed by atoms with E-state index in [2.05, 4.69) is 9.97 Å². The number of ether oxygens (including phenoxy) is 1. The van der Waals surface area contributed by atoms with Crippen LogP contribution in [0.25, 0.3) is 0 Å². The smallest absolute Gasteiger partial charge is 0.244 e. The SMILES string of the molecule is Cl.Cl.Cl.Nc1nc(N)c(N)c(OC2CCCCC2)n1. The van der Waals surface area contributed by atoms with Crippen molar-refractivity contribution in [3.8, 4) is 5.88 Å². The average Bonchev–Trinajstić information content (AvgIpc) is 2.27. The van der Waals surface area contributed by atoms with Crippen molar-refractivity contribution in [2.45, 2.75) is 38.2 Å². The molecule has 9 heteroatoms. The fourth-order valence-electron chi connectivity index (χ4n) is 1.91. The molecule has 0 unspecified atom stereocenters. The number of nitrogens with two attached hydrogens (primary N) is 3. The zero-order valence-electron chi connectivity index (χ0n) is 10.4. The molecule has 1 aromatic rings. The van der Waals surface area contributed by atoms with Crippen LogP contribution < -0.4 is 21.9 Å². The minimum atomic E-state index is 0. The number of rotatable bonds is 2. The lowest BCUT2D eigenvalue weighted by Gasteiger charge is -2.23. The number of halogens is 3. The van der Waals surface area contributed by atoms with Crippen molar-refractivity contribution < 1.29 is 4.74 Å². The van der Waals surface area contributed by atoms with Gasteiger partial charge in [0.25, 0.3) is 0 Å². The lowest BCUT2D eigenvalue weighted by Crippen LogP contribution is -2.21. The molecule has 0 bridgehead atoms. The molecule has 0 spiro atoms. The predicted molar refractivity (Wildman–Crippen MR) is 84.5 cm³/mol. The van der Waals surface area contributed by atoms with Crippen LogP contribution in [0.1, 0.15) is 32.1 Å². The Morgan fingerprint density at radius 3 is 2.05 bits per heavy atom. The third kappa shape index (κ3) is 5.34. The first-order valence-corrected chi connectivity index (χ1v) is 5.52. The summed E-state index contributed by atoms with van der Waals surface area (Å²) in [6.07, 6.45) is 5.86. The second-order valence-electron chi connectivity index (χ2n) is 4.06. The molecule has 2 rings (SSSR count). The van der Waals surface area contributed by atoms with Gasteiger partial charge in [-0.25, -0.2) is 0 Å². The Bertz CT molecular complexity index is 388. The summed E-state index contributed by atoms with van der Waals surface area (Å²) in [7, 11) is 0. The fraction of sp³-hybridized carbons (Fsp3) is 0.600. The van der Waals surface area contributed by atoms with Gasteiger partial charge in [0.15, 0.2) is 5.82 Å². The van der Waals surface area contributed by atoms with E-state index < -0.39 is 0 Å². The van der Waals surface area contributed by atoms with Crippen LogP contribution in [0.3, 0.4) is 0 Å². The molecule has 0 amide bonds. The standard InChI is InChI=1S/C10H17N5O.3ClH/c11-7-8(12)14-10(13)15-9(7)16-6-4-2-1-3-5-6;;;/h6H,1-5,11H2,(H4,12,13,14,15);3*1H. The van der Waals surface area contributed by atoms with Crippen LogP contribution >= 0.6 is 37.2 Å². The van der Waals surface area contributed by atoms with Gasteiger partial charge in [-0.1, -0.05) is 6.42 Å². The van der Waals surface area contributed by atoms with E-state index in [0.717, 1.165) is 12.8 Å². The molecule has 19 heavy (non-hydrogen) atoms. The summed E-state index contributed by atoms with van der Waals surface area (Å²) in [6.45, 7) is 0. The maximum Gasteiger partial charge on any atom is 0.244 e. The van der Waals surface area contributed by atoms with E-state index >= 15 is 0 Å². The van der Waals surface area contributed by atoms with Gasteiger partial charge in [-0.15, -0.1) is 37.2 Å². The van der Waals surface area contributed by atoms with E-state index in [4.69, 9.17) is 21.9 Å². The maximum absolute atomic E-state index is 5.74. The first-order chi connectivity index (χ1) is 7.66. The molecule has 112 valence electrons. The van der Waals surface area contributed by atoms with Crippen molar-refractivity contribution in [2.24, 2.45) is 0 Å². The molecule has 1 heterocycles. The molecule has 1 aromatic heterocycles. The van der Waals surface area contributed by atoms with Crippen LogP contribution in [0.15, 0.2) is 0 Å². The molecule has 6 N–H and O–H groups in total. The zero-order valence-corrected chi connectivity index (χ0v) is 12.8. The summed E-state index contributed by atoms with van der Waals surface area (Å²) in [4.78, 5) is 7.73. The van der Waals surface area contributed by atoms with Crippen LogP contribution in [0, 0.1) is 0 Å². The van der Waals surface area contributed by atoms with Gasteiger partial charge in [0.1, 0.15) is 11.8 Å². The summed E-state index contributed by atoms with van der Waals surface area (Å²) < 4.78 is 5.71. The lowest BCUT2D eigenvalue weighted by molar-refractivity contribution is 0.150. The van der Waals surface area contributed by atoms with E-state index in [1.165, 1.54) is 19.3 Å². The number of aromatic nitrogens is 2. The highest BCUT2D eigenvalue weighted by Gasteiger charge is 2.18. The van der Waals surface area contributed by atoms with Gasteiger partial charge in [-0.05, 0) is 25.7 Å². The quantitative estimate of drug-likeness (QED) is 0.765. The van der Waals surface area contributed by atoms with Crippen molar-refractivity contribution in [1.29, 1.82) is 0 Å². The van der Waals surface area contributed by atoms with Crippen LogP contribution in [0.4, 0.5) is 17.5 Å². The molecule has 0 aliphatic heterocycles. The van der Waals surface area contributed by atoms with Gasteiger partial charge < -0.3 is 21.9 Å². The monoisotopic (exact) mass is 331 g/mol. The van der Waals surface area contributed by atoms with E-state index in [0.29, 0.717) is 5.88 Å². The molecule has 0 radical (unpaired) electrons. The van der Waals surface area contributed by atoms with Crippen molar-refractivity contribution >= 4 is 54.7 Å². The summed E-state index contributed by atoms with van der Waals surface area (Å²) in [5, 5.41) is 0. The Hall–Kier alpha value is -0.850. The third-order valence-electron chi connectivity index (χ3n) is 2.79. The molecule has 1 aliphatic carbocycles. The molecule has 1 saturated carbocycles. The van der Waals surface area contributed by atoms with E-state index in [1.54, 1.807) is 0 Å². The van der Waals surface area contributed by atoms with Crippen LogP contribution in [0.2, 0.25) is 0 Å². The second kappa shape index (κ2) is 9.12. The third-order valence-corrected chi connectivity index (χ3v) is 2.79. The molecule has 0 saturated heterocycles. The second-order valence-corrected chi connectivity index (χ2v) is 4.06. The summed E-state index contributed by atoms with van der Waals surface area (Å²) in [5.41, 5.74) is 17.1. The van der Waals surface area contributed by atoms with Crippen LogP contribution in [-0.2, 0) is 0 Å². The Morgan fingerprint density at radius 2 is 1.47 bits per heavy atom. The largest absolute Gasteiger partial charge is 0.473 e. The normalized spacial score (nSPS) is 14.5. The fourth-order valence-corrected chi connectivity index (χ4v) is 1.91. The highest BCUT2D eigenvalue weighted by atomic mass is 35.5. The Labute approximate surface area is 131 Å². The lowest BCUT2D eigenvalue weighted by atomic mass is 9.98. The predicted octanol–water partition coefficient (Wildman–Crippen LogP) is 2.20. The molecule has 0 atom stereocenters. The van der Waals surface area contributed by atoms with Crippen LogP contribution in [-0.4, -0.2) is 16.1 Å². The number of nitrogen functional groups attached to an aromatic ring is 3. The minimum Gasteiger partial charge on any atom is -0.473 e. The Balaban J connectivity index is 0. The summed E-state index contributed by atoms with van der Waals surface area (Å²) in [5.74, 6) is 0.590. The zero-order chi connectivity index (χ0) is 11.5. The molecule has 6 nitrogen and oxygen atoms in total. The van der Waals surface area contributed by atoms with Gasteiger partial charge in [-0.3, -0.25) is 0 Å². The number of hydrogen-bond donors (Lipinski definition) is 3. The average molecular weight is 333 g/mol. The van der Waals surface area contributed by atoms with E-state index in [9.17, 15) is 0 Å². The molecule has 1 aliphatic rings. The van der Waals surface area contributed by atoms with Gasteiger partial charge in [-0.2, -0.15) is 9.97 Å². The van der Waals surface area contributed by atoms with Crippen molar-refractivity contribution in [3.05, 3.63) is 0 Å². The van der Waals surface area contributed by atoms with Gasteiger partial charge in [0, 0.05) is 0 Å². The Kier molecular flexibility index (Phi) is 9.82. The number of nitrogens with zero attached hydrogens (tertiary/aromatic N) is 2. The molecular formula is C10H20Cl3N5O. The molecular weight excluding hydrogens is 313 g/mol. The summed E-state index contributed by atoms with van der Waals surface area (Å²) >= 11 is 0. The molecule has 0 aromatic carbocycles. The van der Waals surface area contributed by atoms with Crippen molar-refractivity contribution in [1.82, 2.24) is 9.97 Å². The van der Waals surface area contributed by atoms with Gasteiger partial charge in [0.2, 0.25) is 11.8 Å². The van der Waals surface area contributed by atoms with Crippen molar-refractivity contribution in [3.63, 3.8) is 0 Å². The van der Waals surface area contributed by atoms with E-state index in [1.807, 2.05) is 0 Å². The van der Waals surface area contributed by atoms with Gasteiger partial charge in [0.05, 0.1) is 0 Å². The molecule has 1 fully saturated rings. The first kappa shape index (κ1) is 20.5.